The maximum atomic E-state index is 12.3. The van der Waals surface area contributed by atoms with Crippen molar-refractivity contribution in [1.82, 2.24) is 20.0 Å². The minimum atomic E-state index is 0. The number of fused-ring (bicyclic) bond motifs is 1. The molecule has 0 aromatic carbocycles. The number of aryl methyl sites for hydroxylation is 1. The van der Waals surface area contributed by atoms with Crippen molar-refractivity contribution in [1.29, 1.82) is 0 Å². The van der Waals surface area contributed by atoms with Gasteiger partial charge < -0.3 is 10.2 Å². The summed E-state index contributed by atoms with van der Waals surface area (Å²) in [5.41, 5.74) is 0.689. The quantitative estimate of drug-likeness (QED) is 0.810. The van der Waals surface area contributed by atoms with Crippen LogP contribution in [0.1, 0.15) is 16.9 Å². The number of carbonyl (C=O) groups excluding carboxylic acids is 1. The Balaban J connectivity index is 0.00000120. The molecule has 2 saturated heterocycles. The van der Waals surface area contributed by atoms with Crippen LogP contribution in [0.4, 0.5) is 0 Å². The van der Waals surface area contributed by atoms with Gasteiger partial charge in [-0.25, -0.2) is 0 Å². The Morgan fingerprint density at radius 2 is 2.22 bits per heavy atom. The standard InChI is InChI=1S/C12H18N4O.ClH/c1-15-11(2-4-14-15)12(17)16-5-3-9-6-13-7-10(9)8-16;/h2,4,9-10,13H,3,5-8H2,1H3;1H. The number of aromatic nitrogens is 2. The number of likely N-dealkylation sites (tertiary alicyclic amines) is 1. The van der Waals surface area contributed by atoms with Gasteiger partial charge in [0.1, 0.15) is 5.69 Å². The fourth-order valence-electron chi connectivity index (χ4n) is 2.97. The molecule has 0 spiro atoms. The minimum absolute atomic E-state index is 0. The molecule has 0 radical (unpaired) electrons. The van der Waals surface area contributed by atoms with Crippen LogP contribution in [-0.4, -0.2) is 46.8 Å². The number of nitrogens with one attached hydrogen (secondary N) is 1. The number of carbonyl (C=O) groups is 1. The van der Waals surface area contributed by atoms with Gasteiger partial charge in [0.2, 0.25) is 0 Å². The van der Waals surface area contributed by atoms with E-state index in [4.69, 9.17) is 0 Å². The van der Waals surface area contributed by atoms with E-state index in [1.165, 1.54) is 0 Å². The number of rotatable bonds is 1. The Morgan fingerprint density at radius 1 is 1.44 bits per heavy atom. The molecule has 2 aliphatic heterocycles. The molecule has 3 rings (SSSR count). The number of hydrogen-bond donors (Lipinski definition) is 1. The van der Waals surface area contributed by atoms with Gasteiger partial charge in [0.25, 0.3) is 5.91 Å². The van der Waals surface area contributed by atoms with Gasteiger partial charge >= 0.3 is 0 Å². The first-order chi connectivity index (χ1) is 8.25. The maximum Gasteiger partial charge on any atom is 0.272 e. The molecule has 2 atom stereocenters. The first kappa shape index (κ1) is 13.4. The van der Waals surface area contributed by atoms with Crippen molar-refractivity contribution in [3.05, 3.63) is 18.0 Å². The highest BCUT2D eigenvalue weighted by molar-refractivity contribution is 5.92. The van der Waals surface area contributed by atoms with Crippen molar-refractivity contribution in [3.63, 3.8) is 0 Å². The van der Waals surface area contributed by atoms with E-state index in [2.05, 4.69) is 10.4 Å². The summed E-state index contributed by atoms with van der Waals surface area (Å²) in [6, 6.07) is 1.79. The fraction of sp³-hybridized carbons (Fsp3) is 0.667. The number of halogens is 1. The van der Waals surface area contributed by atoms with Crippen molar-refractivity contribution < 1.29 is 4.79 Å². The second kappa shape index (κ2) is 5.28. The predicted octanol–water partition coefficient (Wildman–Crippen LogP) is 0.523. The van der Waals surface area contributed by atoms with Gasteiger partial charge in [0, 0.05) is 26.3 Å². The van der Waals surface area contributed by atoms with E-state index < -0.39 is 0 Å². The van der Waals surface area contributed by atoms with Gasteiger partial charge in [0.15, 0.2) is 0 Å². The van der Waals surface area contributed by atoms with Crippen molar-refractivity contribution in [2.45, 2.75) is 6.42 Å². The molecular formula is C12H19ClN4O. The SMILES string of the molecule is Cl.Cn1nccc1C(=O)N1CCC2CNCC2C1. The number of piperidine rings is 1. The zero-order chi connectivity index (χ0) is 11.8. The highest BCUT2D eigenvalue weighted by atomic mass is 35.5. The summed E-state index contributed by atoms with van der Waals surface area (Å²) in [6.07, 6.45) is 2.80. The van der Waals surface area contributed by atoms with Gasteiger partial charge in [-0.3, -0.25) is 9.48 Å². The van der Waals surface area contributed by atoms with Crippen LogP contribution in [0.25, 0.3) is 0 Å². The number of nitrogens with zero attached hydrogens (tertiary/aromatic N) is 3. The third kappa shape index (κ3) is 2.24. The van der Waals surface area contributed by atoms with Crippen LogP contribution < -0.4 is 5.32 Å². The Kier molecular flexibility index (Phi) is 3.92. The van der Waals surface area contributed by atoms with Crippen molar-refractivity contribution >= 4 is 18.3 Å². The highest BCUT2D eigenvalue weighted by Crippen LogP contribution is 2.27. The van der Waals surface area contributed by atoms with Gasteiger partial charge in [-0.1, -0.05) is 0 Å². The van der Waals surface area contributed by atoms with E-state index in [0.29, 0.717) is 11.6 Å². The topological polar surface area (TPSA) is 50.2 Å². The lowest BCUT2D eigenvalue weighted by Gasteiger charge is -2.34. The van der Waals surface area contributed by atoms with E-state index >= 15 is 0 Å². The monoisotopic (exact) mass is 270 g/mol. The molecule has 18 heavy (non-hydrogen) atoms. The van der Waals surface area contributed by atoms with Gasteiger partial charge in [0.05, 0.1) is 0 Å². The lowest BCUT2D eigenvalue weighted by atomic mass is 9.88. The van der Waals surface area contributed by atoms with Crippen LogP contribution in [0, 0.1) is 11.8 Å². The second-order valence-electron chi connectivity index (χ2n) is 5.06. The Morgan fingerprint density at radius 3 is 2.94 bits per heavy atom. The molecule has 0 saturated carbocycles. The van der Waals surface area contributed by atoms with Crippen LogP contribution in [0.5, 0.6) is 0 Å². The fourth-order valence-corrected chi connectivity index (χ4v) is 2.97. The van der Waals surface area contributed by atoms with E-state index in [1.807, 2.05) is 11.9 Å². The normalized spacial score (nSPS) is 26.6. The molecule has 1 amide bonds. The number of hydrogen-bond acceptors (Lipinski definition) is 3. The smallest absolute Gasteiger partial charge is 0.272 e. The van der Waals surface area contributed by atoms with Crippen LogP contribution in [0.15, 0.2) is 12.3 Å². The maximum absolute atomic E-state index is 12.3. The molecule has 2 fully saturated rings. The Labute approximate surface area is 113 Å². The largest absolute Gasteiger partial charge is 0.337 e. The summed E-state index contributed by atoms with van der Waals surface area (Å²) < 4.78 is 1.65. The first-order valence-corrected chi connectivity index (χ1v) is 6.23. The average molecular weight is 271 g/mol. The van der Waals surface area contributed by atoms with Crippen LogP contribution in [0.2, 0.25) is 0 Å². The molecule has 2 unspecified atom stereocenters. The summed E-state index contributed by atoms with van der Waals surface area (Å²) in [5, 5.41) is 7.47. The molecule has 1 aromatic rings. The Bertz CT molecular complexity index is 433. The van der Waals surface area contributed by atoms with Crippen LogP contribution in [-0.2, 0) is 7.05 Å². The molecule has 1 aromatic heterocycles. The molecule has 0 bridgehead atoms. The lowest BCUT2D eigenvalue weighted by molar-refractivity contribution is 0.0631. The molecule has 100 valence electrons. The molecule has 5 nitrogen and oxygen atoms in total. The van der Waals surface area contributed by atoms with Crippen LogP contribution in [0.3, 0.4) is 0 Å². The molecule has 2 aliphatic rings. The summed E-state index contributed by atoms with van der Waals surface area (Å²) in [4.78, 5) is 14.3. The van der Waals surface area contributed by atoms with Crippen molar-refractivity contribution in [3.8, 4) is 0 Å². The Hall–Kier alpha value is -1.07. The lowest BCUT2D eigenvalue weighted by Crippen LogP contribution is -2.44. The third-order valence-electron chi connectivity index (χ3n) is 4.03. The average Bonchev–Trinajstić information content (AvgIpc) is 2.95. The first-order valence-electron chi connectivity index (χ1n) is 6.23. The van der Waals surface area contributed by atoms with Gasteiger partial charge in [-0.05, 0) is 37.4 Å². The third-order valence-corrected chi connectivity index (χ3v) is 4.03. The zero-order valence-electron chi connectivity index (χ0n) is 10.5. The van der Waals surface area contributed by atoms with E-state index in [1.54, 1.807) is 16.9 Å². The van der Waals surface area contributed by atoms with Crippen molar-refractivity contribution in [2.24, 2.45) is 18.9 Å². The summed E-state index contributed by atoms with van der Waals surface area (Å²) >= 11 is 0. The van der Waals surface area contributed by atoms with E-state index in [0.717, 1.165) is 38.5 Å². The number of amides is 1. The molecule has 6 heteroatoms. The van der Waals surface area contributed by atoms with Gasteiger partial charge in [-0.15, -0.1) is 12.4 Å². The second-order valence-corrected chi connectivity index (χ2v) is 5.06. The summed E-state index contributed by atoms with van der Waals surface area (Å²) in [5.74, 6) is 1.53. The summed E-state index contributed by atoms with van der Waals surface area (Å²) in [6.45, 7) is 3.95. The van der Waals surface area contributed by atoms with Gasteiger partial charge in [-0.2, -0.15) is 5.10 Å². The zero-order valence-corrected chi connectivity index (χ0v) is 11.3. The minimum Gasteiger partial charge on any atom is -0.337 e. The molecule has 3 heterocycles. The molecule has 0 aliphatic carbocycles. The molecular weight excluding hydrogens is 252 g/mol. The van der Waals surface area contributed by atoms with Crippen molar-refractivity contribution in [2.75, 3.05) is 26.2 Å². The van der Waals surface area contributed by atoms with E-state index in [9.17, 15) is 4.79 Å². The molecule has 1 N–H and O–H groups in total. The highest BCUT2D eigenvalue weighted by Gasteiger charge is 2.35. The van der Waals surface area contributed by atoms with E-state index in [-0.39, 0.29) is 18.3 Å². The van der Waals surface area contributed by atoms with Crippen LogP contribution >= 0.6 is 12.4 Å². The summed E-state index contributed by atoms with van der Waals surface area (Å²) in [7, 11) is 1.82. The predicted molar refractivity (Wildman–Crippen MR) is 70.8 cm³/mol.